The summed E-state index contributed by atoms with van der Waals surface area (Å²) in [6, 6.07) is 11.4. The number of thiazole rings is 4. The number of aliphatic hydroxyl groups is 4. The van der Waals surface area contributed by atoms with E-state index in [4.69, 9.17) is 0 Å². The van der Waals surface area contributed by atoms with E-state index in [9.17, 15) is 58.8 Å². The largest absolute Gasteiger partial charge is 0.393 e. The van der Waals surface area contributed by atoms with Gasteiger partial charge in [0.25, 0.3) is 47.3 Å². The monoisotopic (exact) mass is 1970 g/mol. The molecule has 0 radical (unpaired) electrons. The molecule has 8 amide bonds. The second-order valence-corrected chi connectivity index (χ2v) is 46.6. The lowest BCUT2D eigenvalue weighted by Gasteiger charge is -2.32. The van der Waals surface area contributed by atoms with Gasteiger partial charge in [-0.3, -0.25) is 38.4 Å². The number of carbonyl (C=O) groups is 8. The number of pyridine rings is 4. The number of aliphatic hydroxyl groups excluding tert-OH is 2. The number of carbonyl (C=O) groups excluding carboxylic acids is 8. The molecule has 4 saturated carbocycles. The summed E-state index contributed by atoms with van der Waals surface area (Å²) in [5, 5.41) is 65.3. The van der Waals surface area contributed by atoms with E-state index >= 15 is 0 Å². The van der Waals surface area contributed by atoms with Crippen molar-refractivity contribution < 1.29 is 58.8 Å². The summed E-state index contributed by atoms with van der Waals surface area (Å²) in [7, 11) is 0. The second-order valence-electron chi connectivity index (χ2n) is 42.6. The van der Waals surface area contributed by atoms with Gasteiger partial charge in [0.2, 0.25) is 0 Å². The SMILES string of the molecule is CC[C@@H](C)Nc1cc(C)c(-c2sc(C(=O)NC3CC(O)C3)nc2C(=O)N2C3CCC2CC3)cn1.Cc1cc(NC(C)C)ncc1-c1sc(C(=O)NC2CC(O)C2)nc1C(=O)N1C2CCC1CC2.Cc1cc(N[C@@H](C)C2CCC2)ncc1-c1sc(C(=O)NCC(C)(C)O)nc1C(=O)N1C2CCC1CC2.Cc1cc(N[C@H](C)C2CCC2)ncc1-c1sc(C(=O)NCC(C)(C)O)nc1C(=O)N1C2CCC1CC2. The average Bonchev–Trinajstić information content (AvgIpc) is 1.63. The van der Waals surface area contributed by atoms with E-state index in [-0.39, 0.29) is 159 Å². The molecule has 8 aromatic heterocycles. The maximum atomic E-state index is 13.8. The van der Waals surface area contributed by atoms with E-state index in [1.807, 2.05) is 71.6 Å². The molecule has 12 fully saturated rings. The Bertz CT molecular complexity index is 5620. The van der Waals surface area contributed by atoms with Crippen molar-refractivity contribution in [1.82, 2.24) is 80.7 Å². The molecule has 16 heterocycles. The number of fused-ring (bicyclic) bond motifs is 8. The number of aromatic nitrogens is 8. The van der Waals surface area contributed by atoms with Gasteiger partial charge >= 0.3 is 0 Å². The van der Waals surface area contributed by atoms with E-state index in [1.165, 1.54) is 83.9 Å². The topological polar surface area (TPSA) is 430 Å². The predicted molar refractivity (Wildman–Crippen MR) is 542 cm³/mol. The molecule has 746 valence electrons. The minimum absolute atomic E-state index is 0.0433. The molecule has 3 atom stereocenters. The first-order valence-electron chi connectivity index (χ1n) is 50.6. The lowest BCUT2D eigenvalue weighted by atomic mass is 9.80. The maximum absolute atomic E-state index is 13.8. The molecule has 12 N–H and O–H groups in total. The Morgan fingerprint density at radius 3 is 0.835 bits per heavy atom. The molecule has 0 aromatic carbocycles. The van der Waals surface area contributed by atoms with E-state index in [0.29, 0.717) is 97.9 Å². The summed E-state index contributed by atoms with van der Waals surface area (Å²) in [5.74, 6) is 2.95. The van der Waals surface area contributed by atoms with Crippen molar-refractivity contribution in [2.24, 2.45) is 11.8 Å². The highest BCUT2D eigenvalue weighted by Crippen LogP contribution is 2.48. The van der Waals surface area contributed by atoms with Crippen LogP contribution in [0.5, 0.6) is 0 Å². The molecule has 139 heavy (non-hydrogen) atoms. The molecule has 36 heteroatoms. The molecule has 12 aliphatic rings. The van der Waals surface area contributed by atoms with Gasteiger partial charge in [0.15, 0.2) is 20.0 Å². The Hall–Kier alpha value is -10.1. The van der Waals surface area contributed by atoms with Crippen LogP contribution in [0.25, 0.3) is 41.8 Å². The number of hydrogen-bond acceptors (Lipinski definition) is 28. The Labute approximate surface area is 830 Å². The van der Waals surface area contributed by atoms with Gasteiger partial charge in [0.05, 0.1) is 42.9 Å². The van der Waals surface area contributed by atoms with E-state index in [1.54, 1.807) is 52.5 Å². The first kappa shape index (κ1) is 100. The van der Waals surface area contributed by atoms with Crippen LogP contribution in [0.1, 0.15) is 346 Å². The van der Waals surface area contributed by atoms with Crippen molar-refractivity contribution in [3.05, 3.63) is 114 Å². The molecular weight excluding hydrogens is 1840 g/mol. The van der Waals surface area contributed by atoms with Gasteiger partial charge in [-0.1, -0.05) is 19.8 Å². The Morgan fingerprint density at radius 2 is 0.619 bits per heavy atom. The van der Waals surface area contributed by atoms with Crippen molar-refractivity contribution in [2.75, 3.05) is 34.4 Å². The molecule has 20 rings (SSSR count). The first-order chi connectivity index (χ1) is 66.3. The van der Waals surface area contributed by atoms with Gasteiger partial charge in [-0.15, -0.1) is 45.3 Å². The third kappa shape index (κ3) is 22.5. The van der Waals surface area contributed by atoms with Crippen molar-refractivity contribution in [2.45, 2.75) is 378 Å². The van der Waals surface area contributed by atoms with Crippen LogP contribution in [0.3, 0.4) is 0 Å². The van der Waals surface area contributed by atoms with Crippen LogP contribution in [0.15, 0.2) is 49.1 Å². The molecule has 8 aromatic rings. The van der Waals surface area contributed by atoms with Crippen molar-refractivity contribution >= 4 is 116 Å². The van der Waals surface area contributed by atoms with Crippen LogP contribution >= 0.6 is 45.3 Å². The van der Waals surface area contributed by atoms with Gasteiger partial charge in [0.1, 0.15) is 46.0 Å². The first-order valence-corrected chi connectivity index (χ1v) is 53.9. The molecule has 0 spiro atoms. The van der Waals surface area contributed by atoms with E-state index < -0.39 is 11.2 Å². The summed E-state index contributed by atoms with van der Waals surface area (Å²) in [6.07, 6.45) is 34.0. The van der Waals surface area contributed by atoms with Crippen molar-refractivity contribution in [1.29, 1.82) is 0 Å². The lowest BCUT2D eigenvalue weighted by Crippen LogP contribution is -2.46. The third-order valence-electron chi connectivity index (χ3n) is 30.4. The van der Waals surface area contributed by atoms with E-state index in [0.717, 1.165) is 177 Å². The highest BCUT2D eigenvalue weighted by molar-refractivity contribution is 7.18. The van der Waals surface area contributed by atoms with Gasteiger partial charge in [-0.2, -0.15) is 0 Å². The average molecular weight is 1980 g/mol. The fourth-order valence-corrected chi connectivity index (χ4v) is 26.0. The zero-order chi connectivity index (χ0) is 98.5. The van der Waals surface area contributed by atoms with Crippen LogP contribution in [0.2, 0.25) is 0 Å². The number of nitrogens with zero attached hydrogens (tertiary/aromatic N) is 12. The van der Waals surface area contributed by atoms with Gasteiger partial charge in [0, 0.05) is 145 Å². The minimum atomic E-state index is -1.04. The number of rotatable bonds is 29. The quantitative estimate of drug-likeness (QED) is 0.0207. The number of aryl methyl sites for hydroxylation is 4. The molecule has 4 aliphatic carbocycles. The Kier molecular flexibility index (Phi) is 30.5. The van der Waals surface area contributed by atoms with Crippen LogP contribution in [-0.2, 0) is 0 Å². The smallest absolute Gasteiger partial charge is 0.280 e. The van der Waals surface area contributed by atoms with Crippen LogP contribution < -0.4 is 42.5 Å². The van der Waals surface area contributed by atoms with Crippen LogP contribution in [0, 0.1) is 39.5 Å². The number of nitrogens with one attached hydrogen (secondary N) is 8. The maximum Gasteiger partial charge on any atom is 0.280 e. The minimum Gasteiger partial charge on any atom is -0.393 e. The van der Waals surface area contributed by atoms with Gasteiger partial charge in [-0.05, 0) is 309 Å². The zero-order valence-corrected chi connectivity index (χ0v) is 85.8. The second kappa shape index (κ2) is 42.2. The molecule has 0 unspecified atom stereocenters. The summed E-state index contributed by atoms with van der Waals surface area (Å²) in [5.41, 5.74) is 6.54. The summed E-state index contributed by atoms with van der Waals surface area (Å²) >= 11 is 4.94. The number of anilines is 4. The van der Waals surface area contributed by atoms with Crippen molar-refractivity contribution in [3.63, 3.8) is 0 Å². The van der Waals surface area contributed by atoms with Crippen molar-refractivity contribution in [3.8, 4) is 41.8 Å². The highest BCUT2D eigenvalue weighted by Gasteiger charge is 2.50. The highest BCUT2D eigenvalue weighted by atomic mass is 32.1. The van der Waals surface area contributed by atoms with Gasteiger partial charge in [-0.25, -0.2) is 39.9 Å². The number of hydrogen-bond donors (Lipinski definition) is 12. The normalized spacial score (nSPS) is 24.2. The Balaban J connectivity index is 0.000000128. The summed E-state index contributed by atoms with van der Waals surface area (Å²) in [6.45, 7) is 27.5. The molecule has 32 nitrogen and oxygen atoms in total. The fraction of sp³-hybridized carbons (Fsp3) is 0.612. The molecule has 8 bridgehead atoms. The van der Waals surface area contributed by atoms with Crippen LogP contribution in [-0.4, -0.2) is 248 Å². The molecule has 8 saturated heterocycles. The number of amides is 8. The summed E-state index contributed by atoms with van der Waals surface area (Å²) in [4.78, 5) is 154. The molecular formula is C103H138N20O12S4. The van der Waals surface area contributed by atoms with Crippen LogP contribution in [0.4, 0.5) is 23.3 Å². The van der Waals surface area contributed by atoms with E-state index in [2.05, 4.69) is 124 Å². The zero-order valence-electron chi connectivity index (χ0n) is 82.6. The Morgan fingerprint density at radius 1 is 0.374 bits per heavy atom. The standard InChI is InChI=1S/2C27H37N5O3S.C25H33N5O3S.C24H31N5O3S/c2*1-15-12-21(30-16(2)17-6-5-7-17)28-13-20(15)23-22(26(34)32-18-8-9-19(32)11-10-18)31-25(36-23)24(33)29-14-27(3,4)35;1-4-14(3)27-20-9-13(2)19(12-26-20)22-21(25(33)30-16-5-6-17(30)8-7-16)29-24(34-22)23(32)28-15-10-18(31)11-15;1-12(2)26-19-8-13(3)18(11-25-19)21-20(24(32)29-15-4-5-16(29)7-6-15)28-23(33-21)22(31)27-14-9-17(30)10-14/h2*12-13,16-19,35H,5-11,14H2,1-4H3,(H,28,30)(H,29,33);9,12,14-18,31H,4-8,10-11H2,1-3H3,(H,26,27)(H,28,32);8,11-12,14-17,30H,4-7,9-10H2,1-3H3,(H,25,26)(H,27,31)/t2*16-,18?,19?;14-,15?,16?,17?,18?;/m101./s1. The fourth-order valence-electron chi connectivity index (χ4n) is 21.8. The summed E-state index contributed by atoms with van der Waals surface area (Å²) < 4.78 is 0. The lowest BCUT2D eigenvalue weighted by molar-refractivity contribution is 0.0552. The molecule has 8 aliphatic heterocycles. The van der Waals surface area contributed by atoms with Gasteiger partial charge < -0.3 is 82.6 Å². The predicted octanol–water partition coefficient (Wildman–Crippen LogP) is 15.9. The third-order valence-corrected chi connectivity index (χ3v) is 34.8.